The molecule has 2 aromatic rings. The molecule has 0 saturated heterocycles. The predicted octanol–water partition coefficient (Wildman–Crippen LogP) is 1.65. The number of anilines is 1. The summed E-state index contributed by atoms with van der Waals surface area (Å²) in [5.74, 6) is -1.13. The molecule has 130 valence electrons. The topological polar surface area (TPSA) is 108 Å². The third kappa shape index (κ3) is 5.65. The highest BCUT2D eigenvalue weighted by Crippen LogP contribution is 2.15. The van der Waals surface area contributed by atoms with Crippen LogP contribution in [0.3, 0.4) is 0 Å². The van der Waals surface area contributed by atoms with Crippen LogP contribution in [0.5, 0.6) is 5.75 Å². The summed E-state index contributed by atoms with van der Waals surface area (Å²) >= 11 is 0. The zero-order chi connectivity index (χ0) is 18.2. The second kappa shape index (κ2) is 8.49. The molecule has 2 rings (SSSR count). The lowest BCUT2D eigenvalue weighted by molar-refractivity contribution is -0.149. The van der Waals surface area contributed by atoms with Crippen LogP contribution in [0.1, 0.15) is 15.9 Å². The summed E-state index contributed by atoms with van der Waals surface area (Å²) in [7, 11) is 0. The smallest absolute Gasteiger partial charge is 0.344 e. The lowest BCUT2D eigenvalue weighted by Crippen LogP contribution is -2.23. The molecule has 2 aromatic carbocycles. The van der Waals surface area contributed by atoms with Crippen LogP contribution in [-0.4, -0.2) is 31.0 Å². The Labute approximate surface area is 144 Å². The van der Waals surface area contributed by atoms with Gasteiger partial charge in [-0.25, -0.2) is 4.79 Å². The Hall–Kier alpha value is -3.35. The molecule has 0 saturated carbocycles. The maximum Gasteiger partial charge on any atom is 0.344 e. The molecule has 0 atom stereocenters. The number of carbonyl (C=O) groups excluding carboxylic acids is 3. The molecular weight excluding hydrogens is 324 g/mol. The van der Waals surface area contributed by atoms with Crippen molar-refractivity contribution in [2.75, 3.05) is 18.5 Å². The number of ether oxygens (including phenoxy) is 2. The first-order chi connectivity index (χ1) is 12.0. The van der Waals surface area contributed by atoms with Gasteiger partial charge in [-0.05, 0) is 42.8 Å². The van der Waals surface area contributed by atoms with Crippen molar-refractivity contribution in [3.63, 3.8) is 0 Å². The maximum absolute atomic E-state index is 11.7. The summed E-state index contributed by atoms with van der Waals surface area (Å²) in [6, 6.07) is 13.3. The van der Waals surface area contributed by atoms with Crippen molar-refractivity contribution in [2.24, 2.45) is 5.73 Å². The first-order valence-electron chi connectivity index (χ1n) is 7.49. The highest BCUT2D eigenvalue weighted by Gasteiger charge is 2.10. The highest BCUT2D eigenvalue weighted by molar-refractivity contribution is 5.95. The van der Waals surface area contributed by atoms with E-state index in [9.17, 15) is 14.4 Å². The van der Waals surface area contributed by atoms with Crippen LogP contribution in [0.25, 0.3) is 0 Å². The molecule has 25 heavy (non-hydrogen) atoms. The standard InChI is InChI=1S/C18H18N2O5/c1-12-4-2-3-5-15(12)24-11-17(22)25-10-16(21)20-14-8-6-13(7-9-14)18(19)23/h2-9H,10-11H2,1H3,(H2,19,23)(H,20,21). The number of aryl methyl sites for hydroxylation is 1. The quantitative estimate of drug-likeness (QED) is 0.744. The zero-order valence-corrected chi connectivity index (χ0v) is 13.7. The Kier molecular flexibility index (Phi) is 6.11. The van der Waals surface area contributed by atoms with Gasteiger partial charge in [0.1, 0.15) is 5.75 Å². The molecule has 2 amide bonds. The lowest BCUT2D eigenvalue weighted by atomic mass is 10.2. The molecule has 0 heterocycles. The summed E-state index contributed by atoms with van der Waals surface area (Å²) < 4.78 is 10.2. The summed E-state index contributed by atoms with van der Waals surface area (Å²) in [4.78, 5) is 34.3. The van der Waals surface area contributed by atoms with Gasteiger partial charge < -0.3 is 20.5 Å². The minimum atomic E-state index is -0.650. The number of rotatable bonds is 7. The molecule has 0 aliphatic heterocycles. The normalized spacial score (nSPS) is 9.96. The second-order valence-corrected chi connectivity index (χ2v) is 5.20. The van der Waals surface area contributed by atoms with Crippen molar-refractivity contribution < 1.29 is 23.9 Å². The molecule has 7 heteroatoms. The van der Waals surface area contributed by atoms with E-state index in [2.05, 4.69) is 5.32 Å². The summed E-state index contributed by atoms with van der Waals surface area (Å²) in [5, 5.41) is 2.54. The van der Waals surface area contributed by atoms with Crippen molar-refractivity contribution in [1.82, 2.24) is 0 Å². The molecule has 0 radical (unpaired) electrons. The number of benzene rings is 2. The van der Waals surface area contributed by atoms with Crippen molar-refractivity contribution >= 4 is 23.5 Å². The predicted molar refractivity (Wildman–Crippen MR) is 91.2 cm³/mol. The van der Waals surface area contributed by atoms with Gasteiger partial charge in [-0.2, -0.15) is 0 Å². The monoisotopic (exact) mass is 342 g/mol. The summed E-state index contributed by atoms with van der Waals surface area (Å²) in [5.41, 5.74) is 6.82. The molecule has 3 N–H and O–H groups in total. The molecule has 7 nitrogen and oxygen atoms in total. The Morgan fingerprint density at radius 2 is 1.68 bits per heavy atom. The van der Waals surface area contributed by atoms with E-state index >= 15 is 0 Å². The van der Waals surface area contributed by atoms with Crippen LogP contribution in [0.2, 0.25) is 0 Å². The molecular formula is C18H18N2O5. The second-order valence-electron chi connectivity index (χ2n) is 5.20. The number of para-hydroxylation sites is 1. The van der Waals surface area contributed by atoms with Crippen LogP contribution < -0.4 is 15.8 Å². The van der Waals surface area contributed by atoms with E-state index in [1.54, 1.807) is 12.1 Å². The van der Waals surface area contributed by atoms with Gasteiger partial charge in [-0.3, -0.25) is 9.59 Å². The fourth-order valence-corrected chi connectivity index (χ4v) is 1.96. The van der Waals surface area contributed by atoms with Crippen molar-refractivity contribution in [1.29, 1.82) is 0 Å². The van der Waals surface area contributed by atoms with E-state index < -0.39 is 24.4 Å². The van der Waals surface area contributed by atoms with Gasteiger partial charge in [0.15, 0.2) is 13.2 Å². The number of hydrogen-bond acceptors (Lipinski definition) is 5. The van der Waals surface area contributed by atoms with Crippen molar-refractivity contribution in [3.8, 4) is 5.75 Å². The Morgan fingerprint density at radius 3 is 2.32 bits per heavy atom. The van der Waals surface area contributed by atoms with Crippen LogP contribution >= 0.6 is 0 Å². The fraction of sp³-hybridized carbons (Fsp3) is 0.167. The number of nitrogens with one attached hydrogen (secondary N) is 1. The van der Waals surface area contributed by atoms with E-state index in [0.717, 1.165) is 5.56 Å². The SMILES string of the molecule is Cc1ccccc1OCC(=O)OCC(=O)Nc1ccc(C(N)=O)cc1. The zero-order valence-electron chi connectivity index (χ0n) is 13.7. The van der Waals surface area contributed by atoms with Gasteiger partial charge >= 0.3 is 5.97 Å². The third-order valence-electron chi connectivity index (χ3n) is 3.26. The number of nitrogens with two attached hydrogens (primary N) is 1. The number of hydrogen-bond donors (Lipinski definition) is 2. The minimum absolute atomic E-state index is 0.286. The number of amides is 2. The molecule has 0 spiro atoms. The number of carbonyl (C=O) groups is 3. The van der Waals surface area contributed by atoms with Crippen LogP contribution in [0, 0.1) is 6.92 Å². The van der Waals surface area contributed by atoms with Crippen LogP contribution in [0.15, 0.2) is 48.5 Å². The average Bonchev–Trinajstić information content (AvgIpc) is 2.59. The van der Waals surface area contributed by atoms with E-state index in [1.165, 1.54) is 24.3 Å². The number of primary amides is 1. The minimum Gasteiger partial charge on any atom is -0.482 e. The van der Waals surface area contributed by atoms with Gasteiger partial charge in [0.25, 0.3) is 5.91 Å². The van der Waals surface area contributed by atoms with Gasteiger partial charge in [0.05, 0.1) is 0 Å². The van der Waals surface area contributed by atoms with Gasteiger partial charge in [-0.15, -0.1) is 0 Å². The Balaban J connectivity index is 1.74. The fourth-order valence-electron chi connectivity index (χ4n) is 1.96. The molecule has 0 fully saturated rings. The Bertz CT molecular complexity index is 771. The van der Waals surface area contributed by atoms with E-state index in [1.807, 2.05) is 19.1 Å². The van der Waals surface area contributed by atoms with E-state index in [4.69, 9.17) is 15.2 Å². The van der Waals surface area contributed by atoms with E-state index in [-0.39, 0.29) is 6.61 Å². The van der Waals surface area contributed by atoms with Gasteiger partial charge in [0.2, 0.25) is 5.91 Å². The van der Waals surface area contributed by atoms with Crippen molar-refractivity contribution in [2.45, 2.75) is 6.92 Å². The van der Waals surface area contributed by atoms with Crippen molar-refractivity contribution in [3.05, 3.63) is 59.7 Å². The first-order valence-corrected chi connectivity index (χ1v) is 7.49. The molecule has 0 aliphatic carbocycles. The summed E-state index contributed by atoms with van der Waals surface area (Å²) in [6.07, 6.45) is 0. The van der Waals surface area contributed by atoms with Crippen LogP contribution in [-0.2, 0) is 14.3 Å². The van der Waals surface area contributed by atoms with Gasteiger partial charge in [-0.1, -0.05) is 18.2 Å². The highest BCUT2D eigenvalue weighted by atomic mass is 16.6. The lowest BCUT2D eigenvalue weighted by Gasteiger charge is -2.09. The number of esters is 1. The van der Waals surface area contributed by atoms with Gasteiger partial charge in [0, 0.05) is 11.3 Å². The molecule has 0 aliphatic rings. The van der Waals surface area contributed by atoms with Crippen LogP contribution in [0.4, 0.5) is 5.69 Å². The average molecular weight is 342 g/mol. The van der Waals surface area contributed by atoms with E-state index in [0.29, 0.717) is 17.0 Å². The molecule has 0 aromatic heterocycles. The molecule has 0 unspecified atom stereocenters. The third-order valence-corrected chi connectivity index (χ3v) is 3.26. The summed E-state index contributed by atoms with van der Waals surface area (Å²) in [6.45, 7) is 1.14. The first kappa shape index (κ1) is 18.0. The molecule has 0 bridgehead atoms. The largest absolute Gasteiger partial charge is 0.482 e. The Morgan fingerprint density at radius 1 is 1.00 bits per heavy atom. The maximum atomic E-state index is 11.7.